The Balaban J connectivity index is 2.19. The van der Waals surface area contributed by atoms with Gasteiger partial charge in [0.2, 0.25) is 5.91 Å². The fraction of sp³-hybridized carbons (Fsp3) is 0.588. The van der Waals surface area contributed by atoms with Crippen LogP contribution < -0.4 is 4.90 Å². The standard InChI is InChI=1S/C17H24BrNO/c1-4-14(5-2)17(20)19-9-8-15-11-13(10-12(3)18)6-7-16(15)19/h6-7,11-12,14H,4-5,8-10H2,1-3H3. The molecule has 1 aromatic rings. The van der Waals surface area contributed by atoms with Gasteiger partial charge in [-0.3, -0.25) is 4.79 Å². The molecule has 0 radical (unpaired) electrons. The summed E-state index contributed by atoms with van der Waals surface area (Å²) < 4.78 is 0. The summed E-state index contributed by atoms with van der Waals surface area (Å²) in [6.45, 7) is 7.21. The van der Waals surface area contributed by atoms with Crippen LogP contribution in [0.25, 0.3) is 0 Å². The number of rotatable bonds is 5. The van der Waals surface area contributed by atoms with E-state index in [-0.39, 0.29) is 5.92 Å². The largest absolute Gasteiger partial charge is 0.312 e. The third kappa shape index (κ3) is 3.25. The highest BCUT2D eigenvalue weighted by molar-refractivity contribution is 9.09. The first kappa shape index (κ1) is 15.6. The Hall–Kier alpha value is -0.830. The first-order valence-electron chi connectivity index (χ1n) is 7.64. The van der Waals surface area contributed by atoms with Crippen molar-refractivity contribution in [1.82, 2.24) is 0 Å². The number of carbonyl (C=O) groups is 1. The molecule has 0 aliphatic carbocycles. The number of anilines is 1. The maximum absolute atomic E-state index is 12.6. The van der Waals surface area contributed by atoms with E-state index in [4.69, 9.17) is 0 Å². The summed E-state index contributed by atoms with van der Waals surface area (Å²) in [5, 5.41) is 0. The van der Waals surface area contributed by atoms with Crippen molar-refractivity contribution in [3.05, 3.63) is 29.3 Å². The van der Waals surface area contributed by atoms with Crippen LogP contribution in [0.3, 0.4) is 0 Å². The van der Waals surface area contributed by atoms with Gasteiger partial charge in [-0.25, -0.2) is 0 Å². The van der Waals surface area contributed by atoms with E-state index in [1.807, 2.05) is 4.90 Å². The van der Waals surface area contributed by atoms with Gasteiger partial charge in [0, 0.05) is 23.0 Å². The van der Waals surface area contributed by atoms with E-state index in [0.29, 0.717) is 10.7 Å². The van der Waals surface area contributed by atoms with E-state index in [9.17, 15) is 4.79 Å². The summed E-state index contributed by atoms with van der Waals surface area (Å²) in [5.74, 6) is 0.471. The Labute approximate surface area is 130 Å². The number of carbonyl (C=O) groups excluding carboxylic acids is 1. The van der Waals surface area contributed by atoms with Crippen LogP contribution in [0.4, 0.5) is 5.69 Å². The highest BCUT2D eigenvalue weighted by Crippen LogP contribution is 2.31. The lowest BCUT2D eigenvalue weighted by Gasteiger charge is -2.22. The van der Waals surface area contributed by atoms with Crippen molar-refractivity contribution in [2.75, 3.05) is 11.4 Å². The predicted octanol–water partition coefficient (Wildman–Crippen LogP) is 4.34. The molecule has 110 valence electrons. The number of halogens is 1. The average molecular weight is 338 g/mol. The highest BCUT2D eigenvalue weighted by Gasteiger charge is 2.28. The molecule has 0 N–H and O–H groups in total. The van der Waals surface area contributed by atoms with Gasteiger partial charge in [-0.2, -0.15) is 0 Å². The molecule has 0 saturated heterocycles. The number of benzene rings is 1. The predicted molar refractivity (Wildman–Crippen MR) is 88.7 cm³/mol. The number of fused-ring (bicyclic) bond motifs is 1. The second-order valence-corrected chi connectivity index (χ2v) is 7.26. The highest BCUT2D eigenvalue weighted by atomic mass is 79.9. The molecule has 0 fully saturated rings. The SMILES string of the molecule is CCC(CC)C(=O)N1CCc2cc(CC(C)Br)ccc21. The van der Waals surface area contributed by atoms with Gasteiger partial charge in [0.15, 0.2) is 0 Å². The third-order valence-corrected chi connectivity index (χ3v) is 4.48. The van der Waals surface area contributed by atoms with Crippen LogP contribution in [-0.4, -0.2) is 17.3 Å². The van der Waals surface area contributed by atoms with Crippen LogP contribution in [0, 0.1) is 5.92 Å². The smallest absolute Gasteiger partial charge is 0.230 e. The Morgan fingerprint density at radius 1 is 1.35 bits per heavy atom. The molecule has 20 heavy (non-hydrogen) atoms. The Morgan fingerprint density at radius 3 is 2.65 bits per heavy atom. The van der Waals surface area contributed by atoms with Crippen LogP contribution in [0.15, 0.2) is 18.2 Å². The molecule has 0 aromatic heterocycles. The number of amides is 1. The van der Waals surface area contributed by atoms with Gasteiger partial charge in [0.1, 0.15) is 0 Å². The van der Waals surface area contributed by atoms with Gasteiger partial charge in [-0.1, -0.05) is 48.8 Å². The van der Waals surface area contributed by atoms with Gasteiger partial charge >= 0.3 is 0 Å². The number of nitrogens with zero attached hydrogens (tertiary/aromatic N) is 1. The molecule has 1 heterocycles. The van der Waals surface area contributed by atoms with Crippen molar-refractivity contribution in [3.63, 3.8) is 0 Å². The molecule has 1 unspecified atom stereocenters. The molecule has 2 nitrogen and oxygen atoms in total. The lowest BCUT2D eigenvalue weighted by atomic mass is 10.0. The van der Waals surface area contributed by atoms with Crippen molar-refractivity contribution >= 4 is 27.5 Å². The summed E-state index contributed by atoms with van der Waals surface area (Å²) in [6, 6.07) is 6.57. The van der Waals surface area contributed by atoms with Crippen molar-refractivity contribution in [2.45, 2.75) is 51.3 Å². The Kier molecular flexibility index (Phi) is 5.25. The Morgan fingerprint density at radius 2 is 2.05 bits per heavy atom. The zero-order valence-electron chi connectivity index (χ0n) is 12.7. The monoisotopic (exact) mass is 337 g/mol. The van der Waals surface area contributed by atoms with Crippen molar-refractivity contribution in [2.24, 2.45) is 5.92 Å². The molecular formula is C17H24BrNO. The Bertz CT molecular complexity index is 480. The van der Waals surface area contributed by atoms with Gasteiger partial charge in [0.25, 0.3) is 0 Å². The fourth-order valence-electron chi connectivity index (χ4n) is 2.99. The van der Waals surface area contributed by atoms with Crippen LogP contribution in [0.1, 0.15) is 44.7 Å². The number of hydrogen-bond acceptors (Lipinski definition) is 1. The van der Waals surface area contributed by atoms with Crippen LogP contribution in [0.2, 0.25) is 0 Å². The molecule has 0 saturated carbocycles. The lowest BCUT2D eigenvalue weighted by molar-refractivity contribution is -0.122. The molecule has 3 heteroatoms. The van der Waals surface area contributed by atoms with Crippen LogP contribution in [0.5, 0.6) is 0 Å². The van der Waals surface area contributed by atoms with Crippen LogP contribution in [-0.2, 0) is 17.6 Å². The van der Waals surface area contributed by atoms with Gasteiger partial charge < -0.3 is 4.90 Å². The van der Waals surface area contributed by atoms with E-state index in [1.54, 1.807) is 0 Å². The molecule has 2 rings (SSSR count). The first-order chi connectivity index (χ1) is 9.56. The summed E-state index contributed by atoms with van der Waals surface area (Å²) in [7, 11) is 0. The minimum atomic E-state index is 0.170. The summed E-state index contributed by atoms with van der Waals surface area (Å²) >= 11 is 3.60. The third-order valence-electron chi connectivity index (χ3n) is 4.16. The molecule has 0 spiro atoms. The summed E-state index contributed by atoms with van der Waals surface area (Å²) in [6.07, 6.45) is 3.89. The van der Waals surface area contributed by atoms with Crippen LogP contribution >= 0.6 is 15.9 Å². The normalized spacial score (nSPS) is 15.6. The minimum absolute atomic E-state index is 0.170. The van der Waals surface area contributed by atoms with Gasteiger partial charge in [0.05, 0.1) is 0 Å². The molecule has 0 bridgehead atoms. The quantitative estimate of drug-likeness (QED) is 0.732. The number of alkyl halides is 1. The topological polar surface area (TPSA) is 20.3 Å². The summed E-state index contributed by atoms with van der Waals surface area (Å²) in [4.78, 5) is 15.0. The fourth-order valence-corrected chi connectivity index (χ4v) is 3.37. The van der Waals surface area contributed by atoms with Gasteiger partial charge in [-0.15, -0.1) is 0 Å². The lowest BCUT2D eigenvalue weighted by Crippen LogP contribution is -2.34. The molecule has 1 aliphatic rings. The molecule has 1 aliphatic heterocycles. The zero-order chi connectivity index (χ0) is 14.7. The molecule has 1 amide bonds. The minimum Gasteiger partial charge on any atom is -0.312 e. The molecule has 1 aromatic carbocycles. The molecular weight excluding hydrogens is 314 g/mol. The van der Waals surface area contributed by atoms with E-state index >= 15 is 0 Å². The first-order valence-corrected chi connectivity index (χ1v) is 8.55. The van der Waals surface area contributed by atoms with Gasteiger partial charge in [-0.05, 0) is 42.9 Å². The van der Waals surface area contributed by atoms with E-state index < -0.39 is 0 Å². The molecule has 1 atom stereocenters. The second kappa shape index (κ2) is 6.75. The van der Waals surface area contributed by atoms with Crippen molar-refractivity contribution < 1.29 is 4.79 Å². The van der Waals surface area contributed by atoms with E-state index in [2.05, 4.69) is 54.9 Å². The zero-order valence-corrected chi connectivity index (χ0v) is 14.2. The summed E-state index contributed by atoms with van der Waals surface area (Å²) in [5.41, 5.74) is 3.81. The average Bonchev–Trinajstić information content (AvgIpc) is 2.82. The van der Waals surface area contributed by atoms with E-state index in [0.717, 1.165) is 37.9 Å². The maximum atomic E-state index is 12.6. The maximum Gasteiger partial charge on any atom is 0.230 e. The van der Waals surface area contributed by atoms with Crippen molar-refractivity contribution in [3.8, 4) is 0 Å². The van der Waals surface area contributed by atoms with E-state index in [1.165, 1.54) is 11.1 Å². The second-order valence-electron chi connectivity index (χ2n) is 5.70. The van der Waals surface area contributed by atoms with Crippen molar-refractivity contribution in [1.29, 1.82) is 0 Å². The number of hydrogen-bond donors (Lipinski definition) is 0.